The number of likely N-dealkylation sites (tertiary alicyclic amines) is 1. The summed E-state index contributed by atoms with van der Waals surface area (Å²) < 4.78 is 32.2. The maximum atomic E-state index is 13.5. The molecule has 9 heteroatoms. The predicted octanol–water partition coefficient (Wildman–Crippen LogP) is 3.94. The lowest BCUT2D eigenvalue weighted by atomic mass is 9.90. The van der Waals surface area contributed by atoms with Crippen molar-refractivity contribution in [3.05, 3.63) is 5.82 Å². The smallest absolute Gasteiger partial charge is 0.324 e. The molecule has 3 aliphatic rings. The summed E-state index contributed by atoms with van der Waals surface area (Å²) in [4.78, 5) is 21.0. The molecule has 2 bridgehead atoms. The van der Waals surface area contributed by atoms with Crippen LogP contribution in [0.5, 0.6) is 0 Å². The van der Waals surface area contributed by atoms with E-state index in [9.17, 15) is 13.6 Å². The number of alkyl halides is 2. The Morgan fingerprint density at radius 3 is 2.10 bits per heavy atom. The molecule has 0 aromatic carbocycles. The lowest BCUT2D eigenvalue weighted by molar-refractivity contribution is -0.128. The summed E-state index contributed by atoms with van der Waals surface area (Å²) in [5, 5.41) is 6.60. The average molecular weight is 442 g/mol. The molecule has 0 aliphatic carbocycles. The predicted molar refractivity (Wildman–Crippen MR) is 115 cm³/mol. The van der Waals surface area contributed by atoms with Crippen LogP contribution in [0.25, 0.3) is 0 Å². The van der Waals surface area contributed by atoms with E-state index in [1.807, 2.05) is 20.8 Å². The molecule has 0 saturated carbocycles. The van der Waals surface area contributed by atoms with Gasteiger partial charge in [-0.2, -0.15) is 13.8 Å². The van der Waals surface area contributed by atoms with E-state index in [4.69, 9.17) is 4.52 Å². The van der Waals surface area contributed by atoms with Gasteiger partial charge in [-0.3, -0.25) is 4.79 Å². The lowest BCUT2D eigenvalue weighted by Crippen LogP contribution is -2.53. The second-order valence-corrected chi connectivity index (χ2v) is 10.3. The molecule has 1 aromatic heterocycles. The molecular weight excluding hydrogens is 404 g/mol. The van der Waals surface area contributed by atoms with Crippen LogP contribution in [-0.4, -0.2) is 57.7 Å². The number of piperidine rings is 2. The number of hydrogen-bond acceptors (Lipinski definition) is 6. The van der Waals surface area contributed by atoms with Crippen LogP contribution in [0.4, 0.5) is 14.8 Å². The molecule has 1 aromatic rings. The highest BCUT2D eigenvalue weighted by Gasteiger charge is 2.46. The van der Waals surface area contributed by atoms with E-state index in [1.165, 1.54) is 0 Å². The number of carbonyl (C=O) groups excluding carboxylic acids is 1. The van der Waals surface area contributed by atoms with E-state index in [1.54, 1.807) is 0 Å². The van der Waals surface area contributed by atoms with Gasteiger partial charge in [0.1, 0.15) is 0 Å². The third kappa shape index (κ3) is 5.18. The molecule has 1 N–H and O–H groups in total. The number of fused-ring (bicyclic) bond motifs is 2. The van der Waals surface area contributed by atoms with Gasteiger partial charge in [0, 0.05) is 36.5 Å². The average Bonchev–Trinajstić information content (AvgIpc) is 3.22. The van der Waals surface area contributed by atoms with E-state index < -0.39 is 11.7 Å². The number of hydrogen-bond donors (Lipinski definition) is 1. The van der Waals surface area contributed by atoms with Crippen LogP contribution in [0.3, 0.4) is 0 Å². The number of amides is 1. The number of carbonyl (C=O) groups is 1. The van der Waals surface area contributed by atoms with Crippen molar-refractivity contribution in [2.75, 3.05) is 18.0 Å². The Bertz CT molecular complexity index is 751. The molecular formula is C22H37F2N5O2. The highest BCUT2D eigenvalue weighted by Crippen LogP contribution is 2.41. The summed E-state index contributed by atoms with van der Waals surface area (Å²) in [6.45, 7) is 8.68. The third-order valence-electron chi connectivity index (χ3n) is 6.65. The van der Waals surface area contributed by atoms with Crippen molar-refractivity contribution in [2.24, 2.45) is 5.92 Å². The van der Waals surface area contributed by atoms with Crippen molar-refractivity contribution in [1.29, 1.82) is 0 Å². The Morgan fingerprint density at radius 1 is 1.03 bits per heavy atom. The van der Waals surface area contributed by atoms with Crippen LogP contribution in [0.2, 0.25) is 0 Å². The van der Waals surface area contributed by atoms with Crippen molar-refractivity contribution in [3.63, 3.8) is 0 Å². The first kappa shape index (κ1) is 23.9. The van der Waals surface area contributed by atoms with E-state index in [0.29, 0.717) is 6.04 Å². The van der Waals surface area contributed by atoms with Crippen LogP contribution in [0.15, 0.2) is 4.52 Å². The molecule has 4 rings (SSSR count). The molecule has 31 heavy (non-hydrogen) atoms. The molecule has 1 amide bonds. The van der Waals surface area contributed by atoms with Gasteiger partial charge in [0.05, 0.1) is 0 Å². The number of nitrogens with zero attached hydrogens (tertiary/aromatic N) is 4. The standard InChI is InChI=1S/C21H33F2N5O2.CH4/c1-20(2,3)25-17(29)13-7-9-27(10-8-13)16-11-14-5-6-15(12-16)28(14)19-24-18(26-30-19)21(4,22)23;/h13-16H,5-12H2,1-4H3,(H,25,29);1H4/t14-,15+,16?;. The second kappa shape index (κ2) is 8.64. The summed E-state index contributed by atoms with van der Waals surface area (Å²) in [5.74, 6) is -3.39. The van der Waals surface area contributed by atoms with E-state index >= 15 is 0 Å². The Kier molecular flexibility index (Phi) is 6.65. The summed E-state index contributed by atoms with van der Waals surface area (Å²) in [6, 6.07) is 1.18. The summed E-state index contributed by atoms with van der Waals surface area (Å²) in [7, 11) is 0. The van der Waals surface area contributed by atoms with Gasteiger partial charge in [-0.15, -0.1) is 0 Å². The number of aromatic nitrogens is 2. The van der Waals surface area contributed by atoms with Gasteiger partial charge in [-0.1, -0.05) is 12.6 Å². The van der Waals surface area contributed by atoms with Crippen molar-refractivity contribution >= 4 is 11.9 Å². The number of halogens is 2. The van der Waals surface area contributed by atoms with Crippen molar-refractivity contribution in [2.45, 2.75) is 103 Å². The molecule has 7 nitrogen and oxygen atoms in total. The Labute approximate surface area is 183 Å². The maximum absolute atomic E-state index is 13.5. The number of rotatable bonds is 4. The zero-order chi connectivity index (χ0) is 21.7. The van der Waals surface area contributed by atoms with Crippen LogP contribution in [0, 0.1) is 5.92 Å². The third-order valence-corrected chi connectivity index (χ3v) is 6.65. The first-order valence-electron chi connectivity index (χ1n) is 11.1. The SMILES string of the molecule is C.CC(C)(C)NC(=O)C1CCN(C2C[C@H]3CC[C@@H](C2)N3c2nc(C(C)(F)F)no2)CC1. The summed E-state index contributed by atoms with van der Waals surface area (Å²) in [5.41, 5.74) is -0.198. The molecule has 3 fully saturated rings. The number of anilines is 1. The summed E-state index contributed by atoms with van der Waals surface area (Å²) >= 11 is 0. The van der Waals surface area contributed by atoms with E-state index in [2.05, 4.69) is 25.3 Å². The Morgan fingerprint density at radius 2 is 1.61 bits per heavy atom. The fourth-order valence-electron chi connectivity index (χ4n) is 5.26. The van der Waals surface area contributed by atoms with Gasteiger partial charge in [0.25, 0.3) is 0 Å². The number of nitrogens with one attached hydrogen (secondary N) is 1. The maximum Gasteiger partial charge on any atom is 0.324 e. The van der Waals surface area contributed by atoms with Crippen molar-refractivity contribution in [3.8, 4) is 0 Å². The second-order valence-electron chi connectivity index (χ2n) is 10.3. The highest BCUT2D eigenvalue weighted by atomic mass is 19.3. The van der Waals surface area contributed by atoms with Gasteiger partial charge in [-0.05, 0) is 72.4 Å². The van der Waals surface area contributed by atoms with Crippen LogP contribution < -0.4 is 10.2 Å². The topological polar surface area (TPSA) is 74.5 Å². The minimum Gasteiger partial charge on any atom is -0.351 e. The van der Waals surface area contributed by atoms with Gasteiger partial charge < -0.3 is 19.6 Å². The lowest BCUT2D eigenvalue weighted by Gasteiger charge is -2.44. The van der Waals surface area contributed by atoms with Crippen molar-refractivity contribution in [1.82, 2.24) is 20.4 Å². The minimum atomic E-state index is -3.09. The quantitative estimate of drug-likeness (QED) is 0.763. The molecule has 176 valence electrons. The molecule has 3 aliphatic heterocycles. The Hall–Kier alpha value is -1.77. The van der Waals surface area contributed by atoms with Crippen LogP contribution in [-0.2, 0) is 10.7 Å². The molecule has 0 radical (unpaired) electrons. The first-order chi connectivity index (χ1) is 14.0. The van der Waals surface area contributed by atoms with Crippen molar-refractivity contribution < 1.29 is 18.1 Å². The largest absolute Gasteiger partial charge is 0.351 e. The van der Waals surface area contributed by atoms with Gasteiger partial charge in [0.15, 0.2) is 0 Å². The molecule has 4 heterocycles. The highest BCUT2D eigenvalue weighted by molar-refractivity contribution is 5.79. The molecule has 1 unspecified atom stereocenters. The molecule has 3 atom stereocenters. The Balaban J connectivity index is 0.00000272. The summed E-state index contributed by atoms with van der Waals surface area (Å²) in [6.07, 6.45) is 5.75. The zero-order valence-electron chi connectivity index (χ0n) is 18.3. The fourth-order valence-corrected chi connectivity index (χ4v) is 5.26. The normalized spacial score (nSPS) is 27.8. The van der Waals surface area contributed by atoms with E-state index in [0.717, 1.165) is 58.5 Å². The first-order valence-corrected chi connectivity index (χ1v) is 11.1. The van der Waals surface area contributed by atoms with E-state index in [-0.39, 0.29) is 42.9 Å². The molecule has 0 spiro atoms. The molecule has 3 saturated heterocycles. The monoisotopic (exact) mass is 441 g/mol. The fraction of sp³-hybridized carbons (Fsp3) is 0.864. The zero-order valence-corrected chi connectivity index (χ0v) is 18.3. The van der Waals surface area contributed by atoms with Gasteiger partial charge in [-0.25, -0.2) is 0 Å². The van der Waals surface area contributed by atoms with Gasteiger partial charge >= 0.3 is 11.9 Å². The van der Waals surface area contributed by atoms with Crippen LogP contribution >= 0.6 is 0 Å². The van der Waals surface area contributed by atoms with Crippen LogP contribution in [0.1, 0.15) is 79.5 Å². The van der Waals surface area contributed by atoms with Gasteiger partial charge in [0.2, 0.25) is 11.7 Å². The minimum absolute atomic E-state index is 0.